The largest absolute Gasteiger partial charge is 0.335 e. The fraction of sp³-hybridized carbons (Fsp3) is 0.700. The van der Waals surface area contributed by atoms with Gasteiger partial charge in [0.1, 0.15) is 11.2 Å². The second kappa shape index (κ2) is 4.24. The second-order valence-electron chi connectivity index (χ2n) is 4.19. The molecule has 0 saturated heterocycles. The first-order chi connectivity index (χ1) is 6.85. The fourth-order valence-corrected chi connectivity index (χ4v) is 1.38. The van der Waals surface area contributed by atoms with Crippen LogP contribution in [0.3, 0.4) is 0 Å². The number of carbonyl (C=O) groups is 1. The summed E-state index contributed by atoms with van der Waals surface area (Å²) in [5.74, 6) is -1.12. The van der Waals surface area contributed by atoms with Crippen molar-refractivity contribution in [2.75, 3.05) is 13.1 Å². The third-order valence-electron chi connectivity index (χ3n) is 2.49. The van der Waals surface area contributed by atoms with Crippen LogP contribution < -0.4 is 0 Å². The van der Waals surface area contributed by atoms with Gasteiger partial charge in [-0.1, -0.05) is 0 Å². The van der Waals surface area contributed by atoms with Crippen molar-refractivity contribution in [2.24, 2.45) is 5.41 Å². The van der Waals surface area contributed by atoms with Gasteiger partial charge in [-0.05, 0) is 26.3 Å². The number of halogens is 3. The molecule has 1 amide bonds. The van der Waals surface area contributed by atoms with Gasteiger partial charge < -0.3 is 4.90 Å². The summed E-state index contributed by atoms with van der Waals surface area (Å²) in [4.78, 5) is 12.8. The number of rotatable bonds is 2. The summed E-state index contributed by atoms with van der Waals surface area (Å²) in [5.41, 5.74) is -1.74. The van der Waals surface area contributed by atoms with Crippen LogP contribution in [0, 0.1) is 5.41 Å². The van der Waals surface area contributed by atoms with E-state index in [0.717, 1.165) is 4.90 Å². The molecule has 0 spiro atoms. The van der Waals surface area contributed by atoms with Crippen molar-refractivity contribution in [1.29, 1.82) is 0 Å². The molecule has 0 fully saturated rings. The molecule has 86 valence electrons. The van der Waals surface area contributed by atoms with Gasteiger partial charge in [-0.2, -0.15) is 0 Å². The topological polar surface area (TPSA) is 20.3 Å². The average molecular weight is 221 g/mol. The molecule has 15 heavy (non-hydrogen) atoms. The summed E-state index contributed by atoms with van der Waals surface area (Å²) in [5, 5.41) is 0. The average Bonchev–Trinajstić information content (AvgIpc) is 2.16. The van der Waals surface area contributed by atoms with Gasteiger partial charge in [0.2, 0.25) is 5.91 Å². The van der Waals surface area contributed by atoms with E-state index in [4.69, 9.17) is 0 Å². The maximum atomic E-state index is 12.9. The summed E-state index contributed by atoms with van der Waals surface area (Å²) in [6.07, 6.45) is -0.977. The molecule has 5 heteroatoms. The molecule has 1 aliphatic heterocycles. The van der Waals surface area contributed by atoms with Crippen LogP contribution in [-0.4, -0.2) is 30.3 Å². The molecule has 0 saturated carbocycles. The van der Waals surface area contributed by atoms with Crippen molar-refractivity contribution in [1.82, 2.24) is 4.90 Å². The minimum absolute atomic E-state index is 0.186. The number of carbonyl (C=O) groups excluding carboxylic acids is 1. The zero-order valence-corrected chi connectivity index (χ0v) is 8.77. The minimum Gasteiger partial charge on any atom is -0.335 e. The lowest BCUT2D eigenvalue weighted by atomic mass is 9.91. The van der Waals surface area contributed by atoms with Crippen LogP contribution >= 0.6 is 0 Å². The highest BCUT2D eigenvalue weighted by molar-refractivity contribution is 5.82. The number of amides is 1. The Morgan fingerprint density at radius 1 is 1.53 bits per heavy atom. The predicted octanol–water partition coefficient (Wildman–Crippen LogP) is 2.36. The Labute approximate surface area is 86.7 Å². The van der Waals surface area contributed by atoms with E-state index in [0.29, 0.717) is 13.0 Å². The molecule has 1 rings (SSSR count). The summed E-state index contributed by atoms with van der Waals surface area (Å²) in [6, 6.07) is 0. The zero-order chi connectivity index (χ0) is 11.6. The third kappa shape index (κ3) is 2.52. The summed E-state index contributed by atoms with van der Waals surface area (Å²) in [7, 11) is 0. The molecule has 0 N–H and O–H groups in total. The first-order valence-electron chi connectivity index (χ1n) is 4.77. The van der Waals surface area contributed by atoms with Gasteiger partial charge >= 0.3 is 0 Å². The molecule has 0 bridgehead atoms. The van der Waals surface area contributed by atoms with Crippen molar-refractivity contribution in [3.63, 3.8) is 0 Å². The van der Waals surface area contributed by atoms with E-state index < -0.39 is 23.6 Å². The minimum atomic E-state index is -2.74. The van der Waals surface area contributed by atoms with E-state index in [2.05, 4.69) is 0 Å². The molecule has 0 atom stereocenters. The highest BCUT2D eigenvalue weighted by Gasteiger charge is 2.40. The maximum Gasteiger partial charge on any atom is 0.252 e. The Hall–Kier alpha value is -1.00. The lowest BCUT2D eigenvalue weighted by Gasteiger charge is -2.32. The molecule has 0 aliphatic carbocycles. The molecule has 0 unspecified atom stereocenters. The van der Waals surface area contributed by atoms with Crippen molar-refractivity contribution in [3.05, 3.63) is 11.9 Å². The van der Waals surface area contributed by atoms with Crippen molar-refractivity contribution >= 4 is 5.91 Å². The van der Waals surface area contributed by atoms with E-state index in [1.54, 1.807) is 0 Å². The van der Waals surface area contributed by atoms with Crippen LogP contribution in [0.2, 0.25) is 0 Å². The number of hydrogen-bond donors (Lipinski definition) is 0. The SMILES string of the molecule is CC(C)(C(=O)N1CCC=C(F)C1)C(F)F. The standard InChI is InChI=1S/C10H14F3NO/c1-10(2,8(12)13)9(15)14-5-3-4-7(11)6-14/h4,8H,3,5-6H2,1-2H3. The molecule has 0 aromatic rings. The Morgan fingerprint density at radius 3 is 2.60 bits per heavy atom. The first-order valence-corrected chi connectivity index (χ1v) is 4.77. The Kier molecular flexibility index (Phi) is 3.42. The highest BCUT2D eigenvalue weighted by Crippen LogP contribution is 2.28. The molecule has 2 nitrogen and oxygen atoms in total. The number of hydrogen-bond acceptors (Lipinski definition) is 1. The summed E-state index contributed by atoms with van der Waals surface area (Å²) >= 11 is 0. The van der Waals surface area contributed by atoms with Crippen molar-refractivity contribution in [2.45, 2.75) is 26.7 Å². The van der Waals surface area contributed by atoms with Gasteiger partial charge in [0.05, 0.1) is 6.54 Å². The lowest BCUT2D eigenvalue weighted by Crippen LogP contribution is -2.46. The molecule has 0 aromatic heterocycles. The monoisotopic (exact) mass is 221 g/mol. The molecule has 0 radical (unpaired) electrons. The predicted molar refractivity (Wildman–Crippen MR) is 50.2 cm³/mol. The number of nitrogens with zero attached hydrogens (tertiary/aromatic N) is 1. The van der Waals surface area contributed by atoms with Crippen LogP contribution in [0.1, 0.15) is 20.3 Å². The van der Waals surface area contributed by atoms with Crippen LogP contribution in [0.15, 0.2) is 11.9 Å². The Morgan fingerprint density at radius 2 is 2.13 bits per heavy atom. The molecular formula is C10H14F3NO. The van der Waals surface area contributed by atoms with Crippen LogP contribution in [0.4, 0.5) is 13.2 Å². The first kappa shape index (κ1) is 12.1. The quantitative estimate of drug-likeness (QED) is 0.701. The molecular weight excluding hydrogens is 207 g/mol. The van der Waals surface area contributed by atoms with Gasteiger partial charge in [0.15, 0.2) is 0 Å². The second-order valence-corrected chi connectivity index (χ2v) is 4.19. The smallest absolute Gasteiger partial charge is 0.252 e. The normalized spacial score (nSPS) is 18.0. The third-order valence-corrected chi connectivity index (χ3v) is 2.49. The highest BCUT2D eigenvalue weighted by atomic mass is 19.3. The summed E-state index contributed by atoms with van der Waals surface area (Å²) < 4.78 is 38.0. The molecule has 1 heterocycles. The van der Waals surface area contributed by atoms with E-state index in [-0.39, 0.29) is 6.54 Å². The van der Waals surface area contributed by atoms with Crippen molar-refractivity contribution in [3.8, 4) is 0 Å². The van der Waals surface area contributed by atoms with Crippen LogP contribution in [-0.2, 0) is 4.79 Å². The number of alkyl halides is 2. The van der Waals surface area contributed by atoms with Gasteiger partial charge in [-0.3, -0.25) is 4.79 Å². The van der Waals surface area contributed by atoms with Gasteiger partial charge in [-0.25, -0.2) is 13.2 Å². The van der Waals surface area contributed by atoms with Crippen LogP contribution in [0.25, 0.3) is 0 Å². The van der Waals surface area contributed by atoms with E-state index in [9.17, 15) is 18.0 Å². The van der Waals surface area contributed by atoms with Gasteiger partial charge in [0, 0.05) is 6.54 Å². The molecule has 1 aliphatic rings. The van der Waals surface area contributed by atoms with Crippen LogP contribution in [0.5, 0.6) is 0 Å². The van der Waals surface area contributed by atoms with Gasteiger partial charge in [0.25, 0.3) is 6.43 Å². The van der Waals surface area contributed by atoms with E-state index >= 15 is 0 Å². The molecule has 0 aromatic carbocycles. The summed E-state index contributed by atoms with van der Waals surface area (Å²) in [6.45, 7) is 2.48. The Balaban J connectivity index is 2.73. The maximum absolute atomic E-state index is 12.9. The van der Waals surface area contributed by atoms with Crippen molar-refractivity contribution < 1.29 is 18.0 Å². The fourth-order valence-electron chi connectivity index (χ4n) is 1.38. The van der Waals surface area contributed by atoms with E-state index in [1.165, 1.54) is 19.9 Å². The van der Waals surface area contributed by atoms with E-state index in [1.807, 2.05) is 0 Å². The zero-order valence-electron chi connectivity index (χ0n) is 8.77. The van der Waals surface area contributed by atoms with Gasteiger partial charge in [-0.15, -0.1) is 0 Å². The Bertz CT molecular complexity index is 286. The lowest BCUT2D eigenvalue weighted by molar-refractivity contribution is -0.148.